The fourth-order valence-electron chi connectivity index (χ4n) is 5.98. The summed E-state index contributed by atoms with van der Waals surface area (Å²) < 4.78 is 14.6. The van der Waals surface area contributed by atoms with Crippen molar-refractivity contribution >= 4 is 6.08 Å². The van der Waals surface area contributed by atoms with Crippen molar-refractivity contribution in [2.75, 3.05) is 13.7 Å². The van der Waals surface area contributed by atoms with Crippen LogP contribution in [-0.2, 0) is 21.3 Å². The van der Waals surface area contributed by atoms with E-state index in [1.54, 1.807) is 7.11 Å². The van der Waals surface area contributed by atoms with Crippen molar-refractivity contribution in [1.29, 1.82) is 0 Å². The number of nitrogens with zero attached hydrogens (tertiary/aromatic N) is 1. The molecular weight excluding hydrogens is 454 g/mol. The summed E-state index contributed by atoms with van der Waals surface area (Å²) in [6, 6.07) is 24.5. The number of pyridine rings is 1. The smallest absolute Gasteiger partial charge is 0.213 e. The minimum atomic E-state index is 0.0141. The number of aryl methyl sites for hydroxylation is 1. The van der Waals surface area contributed by atoms with Crippen LogP contribution in [0.5, 0.6) is 0 Å². The van der Waals surface area contributed by atoms with E-state index in [1.165, 1.54) is 22.4 Å². The molecule has 0 fully saturated rings. The number of hydrogen-bond acceptors (Lipinski definition) is 2. The van der Waals surface area contributed by atoms with Gasteiger partial charge in [-0.3, -0.25) is 0 Å². The van der Waals surface area contributed by atoms with Gasteiger partial charge in [-0.2, -0.15) is 4.57 Å². The van der Waals surface area contributed by atoms with E-state index in [9.17, 15) is 0 Å². The molecule has 37 heavy (non-hydrogen) atoms. The first-order valence-corrected chi connectivity index (χ1v) is 13.7. The van der Waals surface area contributed by atoms with E-state index in [0.717, 1.165) is 43.4 Å². The van der Waals surface area contributed by atoms with Gasteiger partial charge < -0.3 is 9.47 Å². The number of aromatic nitrogens is 1. The first-order valence-electron chi connectivity index (χ1n) is 13.7. The molecule has 0 aliphatic carbocycles. The largest absolute Gasteiger partial charge is 0.498 e. The summed E-state index contributed by atoms with van der Waals surface area (Å²) in [5.41, 5.74) is 6.66. The molecule has 0 bridgehead atoms. The van der Waals surface area contributed by atoms with Crippen molar-refractivity contribution in [3.05, 3.63) is 108 Å². The van der Waals surface area contributed by atoms with E-state index in [-0.39, 0.29) is 11.5 Å². The highest BCUT2D eigenvalue weighted by molar-refractivity contribution is 5.64. The zero-order chi connectivity index (χ0) is 26.3. The molecule has 2 atom stereocenters. The zero-order valence-corrected chi connectivity index (χ0v) is 23.0. The summed E-state index contributed by atoms with van der Waals surface area (Å²) >= 11 is 0. The molecule has 1 aliphatic rings. The molecule has 1 aromatic heterocycles. The van der Waals surface area contributed by atoms with Crippen LogP contribution in [-0.4, -0.2) is 19.8 Å². The Kier molecular flexibility index (Phi) is 9.00. The Morgan fingerprint density at radius 3 is 2.46 bits per heavy atom. The van der Waals surface area contributed by atoms with Crippen LogP contribution in [0.2, 0.25) is 0 Å². The van der Waals surface area contributed by atoms with E-state index in [4.69, 9.17) is 9.47 Å². The van der Waals surface area contributed by atoms with Gasteiger partial charge in [-0.15, -0.1) is 0 Å². The highest BCUT2D eigenvalue weighted by atomic mass is 16.5. The fraction of sp³-hybridized carbons (Fsp3) is 0.382. The molecule has 3 nitrogen and oxygen atoms in total. The molecule has 2 aromatic carbocycles. The Balaban J connectivity index is 1.54. The lowest BCUT2D eigenvalue weighted by Gasteiger charge is -2.41. The first kappa shape index (κ1) is 26.9. The molecule has 2 unspecified atom stereocenters. The van der Waals surface area contributed by atoms with E-state index in [2.05, 4.69) is 111 Å². The van der Waals surface area contributed by atoms with E-state index >= 15 is 0 Å². The molecule has 0 N–H and O–H groups in total. The Labute approximate surface area is 223 Å². The lowest BCUT2D eigenvalue weighted by Crippen LogP contribution is -2.55. The van der Waals surface area contributed by atoms with Crippen LogP contribution < -0.4 is 4.57 Å². The standard InChI is InChI=1S/C34H42NO2/c1-6-27-16-18-28(19-17-27)20-21-29(25-26(4)36-5)37-24-22-33-34(7-2,8-3)31-14-10-9-13-30(31)32-15-11-12-23-35(32)33/h6,9-19,23,25-26,33H,1,7-8,20-22,24H2,2-5H3/q+1. The van der Waals surface area contributed by atoms with Crippen molar-refractivity contribution in [2.45, 2.75) is 70.4 Å². The quantitative estimate of drug-likeness (QED) is 0.188. The monoisotopic (exact) mass is 496 g/mol. The summed E-state index contributed by atoms with van der Waals surface area (Å²) in [5, 5.41) is 0. The highest BCUT2D eigenvalue weighted by Gasteiger charge is 2.49. The molecule has 0 saturated carbocycles. The topological polar surface area (TPSA) is 22.3 Å². The molecule has 3 aromatic rings. The SMILES string of the molecule is C=Cc1ccc(CCC(=CC(C)OC)OCCC2[n+]3ccccc3-c3ccccc3C2(CC)CC)cc1. The average Bonchev–Trinajstić information content (AvgIpc) is 2.96. The van der Waals surface area contributed by atoms with Gasteiger partial charge in [0, 0.05) is 32.1 Å². The Hall–Kier alpha value is -3.17. The fourth-order valence-corrected chi connectivity index (χ4v) is 5.98. The van der Waals surface area contributed by atoms with Crippen molar-refractivity contribution in [1.82, 2.24) is 0 Å². The number of benzene rings is 2. The van der Waals surface area contributed by atoms with Crippen LogP contribution in [0.25, 0.3) is 17.3 Å². The number of allylic oxidation sites excluding steroid dienone is 1. The maximum Gasteiger partial charge on any atom is 0.213 e. The van der Waals surface area contributed by atoms with Crippen molar-refractivity contribution in [3.63, 3.8) is 0 Å². The van der Waals surface area contributed by atoms with Gasteiger partial charge in [-0.1, -0.05) is 69.0 Å². The molecular formula is C34H42NO2+. The van der Waals surface area contributed by atoms with Crippen LogP contribution >= 0.6 is 0 Å². The number of fused-ring (bicyclic) bond motifs is 3. The second-order valence-corrected chi connectivity index (χ2v) is 10.1. The predicted octanol–water partition coefficient (Wildman–Crippen LogP) is 7.85. The van der Waals surface area contributed by atoms with Gasteiger partial charge in [0.25, 0.3) is 0 Å². The highest BCUT2D eigenvalue weighted by Crippen LogP contribution is 2.48. The predicted molar refractivity (Wildman–Crippen MR) is 153 cm³/mol. The molecule has 0 radical (unpaired) electrons. The Bertz CT molecular complexity index is 1210. The lowest BCUT2D eigenvalue weighted by molar-refractivity contribution is -0.726. The number of rotatable bonds is 12. The summed E-state index contributed by atoms with van der Waals surface area (Å²) in [7, 11) is 1.75. The molecule has 3 heteroatoms. The van der Waals surface area contributed by atoms with Gasteiger partial charge in [-0.25, -0.2) is 0 Å². The minimum Gasteiger partial charge on any atom is -0.498 e. The van der Waals surface area contributed by atoms with Crippen LogP contribution in [0.15, 0.2) is 91.3 Å². The molecule has 4 rings (SSSR count). The lowest BCUT2D eigenvalue weighted by atomic mass is 9.65. The Morgan fingerprint density at radius 2 is 1.76 bits per heavy atom. The van der Waals surface area contributed by atoms with Crippen molar-refractivity contribution in [3.8, 4) is 11.3 Å². The van der Waals surface area contributed by atoms with Crippen molar-refractivity contribution < 1.29 is 14.0 Å². The maximum atomic E-state index is 6.52. The molecule has 0 spiro atoms. The third-order valence-corrected chi connectivity index (χ3v) is 8.21. The van der Waals surface area contributed by atoms with Crippen LogP contribution in [0, 0.1) is 0 Å². The molecule has 0 saturated heterocycles. The summed E-state index contributed by atoms with van der Waals surface area (Å²) in [6.45, 7) is 11.3. The van der Waals surface area contributed by atoms with Gasteiger partial charge in [0.15, 0.2) is 12.2 Å². The Morgan fingerprint density at radius 1 is 1.03 bits per heavy atom. The average molecular weight is 497 g/mol. The molecule has 2 heterocycles. The first-order chi connectivity index (χ1) is 18.1. The van der Waals surface area contributed by atoms with Gasteiger partial charge in [0.05, 0.1) is 29.4 Å². The second kappa shape index (κ2) is 12.4. The van der Waals surface area contributed by atoms with Gasteiger partial charge >= 0.3 is 0 Å². The third kappa shape index (κ3) is 5.72. The molecule has 1 aliphatic heterocycles. The van der Waals surface area contributed by atoms with Gasteiger partial charge in [0.2, 0.25) is 5.69 Å². The number of hydrogen-bond donors (Lipinski definition) is 0. The summed E-state index contributed by atoms with van der Waals surface area (Å²) in [4.78, 5) is 0. The van der Waals surface area contributed by atoms with E-state index < -0.39 is 0 Å². The van der Waals surface area contributed by atoms with Gasteiger partial charge in [0.1, 0.15) is 0 Å². The van der Waals surface area contributed by atoms with Crippen LogP contribution in [0.4, 0.5) is 0 Å². The van der Waals surface area contributed by atoms with E-state index in [0.29, 0.717) is 12.6 Å². The molecule has 0 amide bonds. The van der Waals surface area contributed by atoms with E-state index in [1.807, 2.05) is 6.08 Å². The minimum absolute atomic E-state index is 0.0141. The number of methoxy groups -OCH3 is 1. The van der Waals surface area contributed by atoms with Crippen LogP contribution in [0.3, 0.4) is 0 Å². The van der Waals surface area contributed by atoms with Gasteiger partial charge in [-0.05, 0) is 61.1 Å². The third-order valence-electron chi connectivity index (χ3n) is 8.21. The number of ether oxygens (including phenoxy) is 2. The molecule has 194 valence electrons. The van der Waals surface area contributed by atoms with Crippen LogP contribution in [0.1, 0.15) is 69.2 Å². The van der Waals surface area contributed by atoms with Crippen molar-refractivity contribution in [2.24, 2.45) is 0 Å². The normalized spacial score (nSPS) is 17.0. The summed E-state index contributed by atoms with van der Waals surface area (Å²) in [5.74, 6) is 1.01. The maximum absolute atomic E-state index is 6.52. The summed E-state index contributed by atoms with van der Waals surface area (Å²) in [6.07, 6.45) is 11.2. The second-order valence-electron chi connectivity index (χ2n) is 10.1. The zero-order valence-electron chi connectivity index (χ0n) is 23.0.